The Morgan fingerprint density at radius 3 is 2.75 bits per heavy atom. The first kappa shape index (κ1) is 20.2. The molecule has 148 valence electrons. The van der Waals surface area contributed by atoms with Gasteiger partial charge in [0.25, 0.3) is 0 Å². The van der Waals surface area contributed by atoms with Gasteiger partial charge in [-0.05, 0) is 58.4 Å². The van der Waals surface area contributed by atoms with Crippen LogP contribution in [-0.2, 0) is 4.74 Å². The Kier molecular flexibility index (Phi) is 5.40. The number of ether oxygens (including phenoxy) is 1. The third kappa shape index (κ3) is 4.15. The monoisotopic (exact) mass is 400 g/mol. The summed E-state index contributed by atoms with van der Waals surface area (Å²) < 4.78 is 5.53. The molecule has 0 saturated carbocycles. The lowest BCUT2D eigenvalue weighted by atomic mass is 9.94. The predicted octanol–water partition coefficient (Wildman–Crippen LogP) is 4.59. The van der Waals surface area contributed by atoms with Gasteiger partial charge in [-0.2, -0.15) is 5.26 Å². The van der Waals surface area contributed by atoms with Gasteiger partial charge in [0.2, 0.25) is 0 Å². The molecule has 2 aromatic rings. The first-order valence-corrected chi connectivity index (χ1v) is 9.69. The van der Waals surface area contributed by atoms with Crippen LogP contribution < -0.4 is 4.90 Å². The second-order valence-corrected chi connectivity index (χ2v) is 8.74. The van der Waals surface area contributed by atoms with Crippen molar-refractivity contribution in [1.29, 1.82) is 5.26 Å². The third-order valence-electron chi connectivity index (χ3n) is 4.84. The molecule has 1 aromatic heterocycles. The van der Waals surface area contributed by atoms with E-state index < -0.39 is 5.60 Å². The smallest absolute Gasteiger partial charge is 0.410 e. The second kappa shape index (κ2) is 7.48. The van der Waals surface area contributed by atoms with Crippen molar-refractivity contribution < 1.29 is 9.53 Å². The van der Waals surface area contributed by atoms with Crippen LogP contribution in [0.15, 0.2) is 24.3 Å². The van der Waals surface area contributed by atoms with Crippen molar-refractivity contribution in [2.24, 2.45) is 0 Å². The van der Waals surface area contributed by atoms with Crippen LogP contribution in [0.2, 0.25) is 5.02 Å². The normalized spacial score (nSPS) is 19.1. The van der Waals surface area contributed by atoms with E-state index in [2.05, 4.69) is 11.1 Å². The number of anilines is 1. The molecule has 0 aliphatic carbocycles. The maximum atomic E-state index is 12.5. The van der Waals surface area contributed by atoms with E-state index in [-0.39, 0.29) is 18.2 Å². The van der Waals surface area contributed by atoms with Crippen molar-refractivity contribution in [3.05, 3.63) is 34.9 Å². The average Bonchev–Trinajstić information content (AvgIpc) is 2.58. The molecule has 1 saturated heterocycles. The Labute approximate surface area is 170 Å². The van der Waals surface area contributed by atoms with Gasteiger partial charge in [0, 0.05) is 30.0 Å². The number of carbonyl (C=O) groups is 1. The molecule has 1 amide bonds. The van der Waals surface area contributed by atoms with Crippen molar-refractivity contribution in [2.75, 3.05) is 18.5 Å². The van der Waals surface area contributed by atoms with Crippen LogP contribution in [0.5, 0.6) is 0 Å². The zero-order valence-electron chi connectivity index (χ0n) is 16.9. The Morgan fingerprint density at radius 1 is 1.43 bits per heavy atom. The zero-order chi connectivity index (χ0) is 20.6. The van der Waals surface area contributed by atoms with E-state index in [0.29, 0.717) is 22.9 Å². The summed E-state index contributed by atoms with van der Waals surface area (Å²) in [5, 5.41) is 10.8. The quantitative estimate of drug-likeness (QED) is 0.753. The van der Waals surface area contributed by atoms with Gasteiger partial charge in [-0.25, -0.2) is 9.78 Å². The lowest BCUT2D eigenvalue weighted by Gasteiger charge is -2.48. The number of nitrogens with zero attached hydrogens (tertiary/aromatic N) is 4. The maximum absolute atomic E-state index is 12.5. The SMILES string of the molecule is CC1CC(CN(C)c2cc(C#N)c3cc(Cl)ccc3n2)N1C(=O)OC(C)(C)C. The van der Waals surface area contributed by atoms with Crippen molar-refractivity contribution in [2.45, 2.75) is 51.8 Å². The number of benzene rings is 1. The van der Waals surface area contributed by atoms with Crippen LogP contribution in [0.4, 0.5) is 10.6 Å². The molecule has 2 atom stereocenters. The number of rotatable bonds is 3. The van der Waals surface area contributed by atoms with E-state index in [1.54, 1.807) is 23.1 Å². The second-order valence-electron chi connectivity index (χ2n) is 8.31. The van der Waals surface area contributed by atoms with Crippen molar-refractivity contribution >= 4 is 34.4 Å². The summed E-state index contributed by atoms with van der Waals surface area (Å²) in [6.45, 7) is 8.23. The number of hydrogen-bond donors (Lipinski definition) is 0. The summed E-state index contributed by atoms with van der Waals surface area (Å²) in [4.78, 5) is 20.9. The summed E-state index contributed by atoms with van der Waals surface area (Å²) in [6.07, 6.45) is 0.612. The predicted molar refractivity (Wildman–Crippen MR) is 111 cm³/mol. The van der Waals surface area contributed by atoms with Crippen LogP contribution in [0.25, 0.3) is 10.9 Å². The molecule has 1 aromatic carbocycles. The van der Waals surface area contributed by atoms with Crippen LogP contribution >= 0.6 is 11.6 Å². The van der Waals surface area contributed by atoms with Crippen molar-refractivity contribution in [1.82, 2.24) is 9.88 Å². The summed E-state index contributed by atoms with van der Waals surface area (Å²) in [7, 11) is 1.92. The fourth-order valence-electron chi connectivity index (χ4n) is 3.53. The minimum atomic E-state index is -0.522. The van der Waals surface area contributed by atoms with Gasteiger partial charge in [-0.1, -0.05) is 11.6 Å². The number of likely N-dealkylation sites (tertiary alicyclic amines) is 1. The van der Waals surface area contributed by atoms with Crippen LogP contribution in [-0.4, -0.2) is 47.3 Å². The molecule has 6 nitrogen and oxygen atoms in total. The van der Waals surface area contributed by atoms with E-state index in [1.165, 1.54) is 0 Å². The summed E-state index contributed by atoms with van der Waals surface area (Å²) in [6, 6.07) is 9.51. The molecule has 1 aliphatic heterocycles. The molecular formula is C21H25ClN4O2. The minimum Gasteiger partial charge on any atom is -0.444 e. The standard InChI is InChI=1S/C21H25ClN4O2/c1-13-8-16(26(13)20(27)28-21(2,3)4)12-25(5)19-9-14(11-23)17-10-15(22)6-7-18(17)24-19/h6-7,9-10,13,16H,8,12H2,1-5H3. The van der Waals surface area contributed by atoms with Gasteiger partial charge in [-0.3, -0.25) is 0 Å². The van der Waals surface area contributed by atoms with E-state index in [0.717, 1.165) is 17.3 Å². The highest BCUT2D eigenvalue weighted by molar-refractivity contribution is 6.31. The van der Waals surface area contributed by atoms with Gasteiger partial charge >= 0.3 is 6.09 Å². The first-order valence-electron chi connectivity index (χ1n) is 9.32. The molecule has 7 heteroatoms. The number of likely N-dealkylation sites (N-methyl/N-ethyl adjacent to an activating group) is 1. The van der Waals surface area contributed by atoms with Gasteiger partial charge < -0.3 is 14.5 Å². The molecule has 0 spiro atoms. The molecule has 3 rings (SSSR count). The number of amides is 1. The number of hydrogen-bond acceptors (Lipinski definition) is 5. The van der Waals surface area contributed by atoms with E-state index in [9.17, 15) is 10.1 Å². The van der Waals surface area contributed by atoms with E-state index >= 15 is 0 Å². The number of nitriles is 1. The minimum absolute atomic E-state index is 0.0445. The number of halogens is 1. The molecule has 2 heterocycles. The number of carbonyl (C=O) groups excluding carboxylic acids is 1. The van der Waals surface area contributed by atoms with E-state index in [1.807, 2.05) is 45.7 Å². The summed E-state index contributed by atoms with van der Waals surface area (Å²) in [5.41, 5.74) is 0.725. The zero-order valence-corrected chi connectivity index (χ0v) is 17.6. The molecule has 1 aliphatic rings. The molecular weight excluding hydrogens is 376 g/mol. The van der Waals surface area contributed by atoms with Crippen LogP contribution in [0.3, 0.4) is 0 Å². The van der Waals surface area contributed by atoms with E-state index in [4.69, 9.17) is 16.3 Å². The Balaban J connectivity index is 1.79. The Morgan fingerprint density at radius 2 is 2.14 bits per heavy atom. The number of aromatic nitrogens is 1. The van der Waals surface area contributed by atoms with Crippen molar-refractivity contribution in [3.63, 3.8) is 0 Å². The lowest BCUT2D eigenvalue weighted by Crippen LogP contribution is -2.61. The molecule has 0 N–H and O–H groups in total. The molecule has 0 radical (unpaired) electrons. The Hall–Kier alpha value is -2.52. The van der Waals surface area contributed by atoms with Crippen LogP contribution in [0, 0.1) is 11.3 Å². The summed E-state index contributed by atoms with van der Waals surface area (Å²) in [5.74, 6) is 0.690. The van der Waals surface area contributed by atoms with Gasteiger partial charge in [0.05, 0.1) is 23.2 Å². The Bertz CT molecular complexity index is 948. The van der Waals surface area contributed by atoms with Gasteiger partial charge in [0.1, 0.15) is 11.4 Å². The number of pyridine rings is 1. The molecule has 1 fully saturated rings. The molecule has 28 heavy (non-hydrogen) atoms. The lowest BCUT2D eigenvalue weighted by molar-refractivity contribution is -0.0247. The highest BCUT2D eigenvalue weighted by Crippen LogP contribution is 2.30. The largest absolute Gasteiger partial charge is 0.444 e. The van der Waals surface area contributed by atoms with Gasteiger partial charge in [0.15, 0.2) is 0 Å². The summed E-state index contributed by atoms with van der Waals surface area (Å²) >= 11 is 6.05. The number of fused-ring (bicyclic) bond motifs is 1. The van der Waals surface area contributed by atoms with Crippen LogP contribution in [0.1, 0.15) is 39.7 Å². The first-order chi connectivity index (χ1) is 13.1. The fourth-order valence-corrected chi connectivity index (χ4v) is 3.70. The highest BCUT2D eigenvalue weighted by atomic mass is 35.5. The molecule has 0 bridgehead atoms. The topological polar surface area (TPSA) is 69.5 Å². The van der Waals surface area contributed by atoms with Gasteiger partial charge in [-0.15, -0.1) is 0 Å². The third-order valence-corrected chi connectivity index (χ3v) is 5.07. The highest BCUT2D eigenvalue weighted by Gasteiger charge is 2.41. The van der Waals surface area contributed by atoms with Crippen molar-refractivity contribution in [3.8, 4) is 6.07 Å². The maximum Gasteiger partial charge on any atom is 0.410 e. The average molecular weight is 401 g/mol. The molecule has 2 unspecified atom stereocenters. The fraction of sp³-hybridized carbons (Fsp3) is 0.476.